The number of nitrogens with one attached hydrogen (secondary N) is 1. The molecule has 0 radical (unpaired) electrons. The van der Waals surface area contributed by atoms with Crippen molar-refractivity contribution in [3.63, 3.8) is 0 Å². The fraction of sp³-hybridized carbons (Fsp3) is 0.143. The van der Waals surface area contributed by atoms with E-state index in [9.17, 15) is 9.18 Å². The summed E-state index contributed by atoms with van der Waals surface area (Å²) < 4.78 is 13.1. The summed E-state index contributed by atoms with van der Waals surface area (Å²) in [4.78, 5) is 15.7. The van der Waals surface area contributed by atoms with E-state index in [0.29, 0.717) is 5.69 Å². The molecular weight excluding hydrogens is 267 g/mol. The fourth-order valence-corrected chi connectivity index (χ4v) is 1.85. The van der Waals surface area contributed by atoms with Gasteiger partial charge in [-0.15, -0.1) is 0 Å². The fourth-order valence-electron chi connectivity index (χ4n) is 1.66. The first-order chi connectivity index (χ1) is 8.99. The van der Waals surface area contributed by atoms with Crippen LogP contribution >= 0.6 is 11.6 Å². The van der Waals surface area contributed by atoms with Crippen LogP contribution in [-0.2, 0) is 0 Å². The monoisotopic (exact) mass is 278 g/mol. The quantitative estimate of drug-likeness (QED) is 0.850. The number of aryl methyl sites for hydroxylation is 1. The van der Waals surface area contributed by atoms with E-state index < -0.39 is 11.7 Å². The van der Waals surface area contributed by atoms with E-state index in [0.717, 1.165) is 23.4 Å². The number of pyridine rings is 1. The minimum Gasteiger partial charge on any atom is -0.322 e. The molecule has 0 aliphatic carbocycles. The normalized spacial score (nSPS) is 10.3. The van der Waals surface area contributed by atoms with Crippen LogP contribution in [0.2, 0.25) is 5.15 Å². The third kappa shape index (κ3) is 2.90. The summed E-state index contributed by atoms with van der Waals surface area (Å²) in [5.74, 6) is -1.08. The van der Waals surface area contributed by atoms with Crippen LogP contribution in [0.5, 0.6) is 0 Å². The molecule has 0 bridgehead atoms. The molecule has 1 aromatic heterocycles. The Morgan fingerprint density at radius 1 is 1.37 bits per heavy atom. The summed E-state index contributed by atoms with van der Waals surface area (Å²) in [6.45, 7) is 3.85. The number of halogens is 2. The lowest BCUT2D eigenvalue weighted by molar-refractivity contribution is 0.102. The third-order valence-corrected chi connectivity index (χ3v) is 3.20. The SMILES string of the molecule is Cc1cccc(NC(=O)c2cc(F)cnc2Cl)c1C. The lowest BCUT2D eigenvalue weighted by atomic mass is 10.1. The van der Waals surface area contributed by atoms with Gasteiger partial charge in [-0.1, -0.05) is 23.7 Å². The lowest BCUT2D eigenvalue weighted by Gasteiger charge is -2.10. The first-order valence-corrected chi connectivity index (χ1v) is 6.05. The van der Waals surface area contributed by atoms with Crippen LogP contribution in [0.4, 0.5) is 10.1 Å². The van der Waals surface area contributed by atoms with E-state index in [1.807, 2.05) is 26.0 Å². The number of carbonyl (C=O) groups is 1. The van der Waals surface area contributed by atoms with E-state index in [2.05, 4.69) is 10.3 Å². The molecule has 0 spiro atoms. The van der Waals surface area contributed by atoms with E-state index in [1.165, 1.54) is 0 Å². The molecule has 1 amide bonds. The predicted molar refractivity (Wildman–Crippen MR) is 73.1 cm³/mol. The Labute approximate surface area is 115 Å². The van der Waals surface area contributed by atoms with E-state index in [1.54, 1.807) is 6.07 Å². The summed E-state index contributed by atoms with van der Waals surface area (Å²) in [7, 11) is 0. The van der Waals surface area contributed by atoms with E-state index >= 15 is 0 Å². The van der Waals surface area contributed by atoms with Crippen LogP contribution in [0.3, 0.4) is 0 Å². The molecule has 2 aromatic rings. The molecule has 0 aliphatic heterocycles. The summed E-state index contributed by atoms with van der Waals surface area (Å²) in [5, 5.41) is 2.68. The van der Waals surface area contributed by atoms with Gasteiger partial charge in [-0.3, -0.25) is 4.79 Å². The molecule has 98 valence electrons. The van der Waals surface area contributed by atoms with Crippen LogP contribution < -0.4 is 5.32 Å². The first-order valence-electron chi connectivity index (χ1n) is 5.67. The number of amides is 1. The summed E-state index contributed by atoms with van der Waals surface area (Å²) in [5.41, 5.74) is 2.70. The third-order valence-electron chi connectivity index (χ3n) is 2.90. The molecule has 0 fully saturated rings. The maximum Gasteiger partial charge on any atom is 0.258 e. The maximum absolute atomic E-state index is 13.1. The molecular formula is C14H12ClFN2O. The van der Waals surface area contributed by atoms with Crippen LogP contribution in [-0.4, -0.2) is 10.9 Å². The zero-order valence-electron chi connectivity index (χ0n) is 10.5. The number of rotatable bonds is 2. The first kappa shape index (κ1) is 13.5. The standard InChI is InChI=1S/C14H12ClFN2O/c1-8-4-3-5-12(9(8)2)18-14(19)11-6-10(16)7-17-13(11)15/h3-7H,1-2H3,(H,18,19). The second kappa shape index (κ2) is 5.36. The minimum absolute atomic E-state index is 0.0163. The van der Waals surface area contributed by atoms with Gasteiger partial charge in [-0.2, -0.15) is 0 Å². The highest BCUT2D eigenvalue weighted by atomic mass is 35.5. The average molecular weight is 279 g/mol. The summed E-state index contributed by atoms with van der Waals surface area (Å²) in [6.07, 6.45) is 0.969. The molecule has 3 nitrogen and oxygen atoms in total. The number of benzene rings is 1. The van der Waals surface area contributed by atoms with Gasteiger partial charge in [0.05, 0.1) is 11.8 Å². The summed E-state index contributed by atoms with van der Waals surface area (Å²) in [6, 6.07) is 6.63. The molecule has 0 atom stereocenters. The van der Waals surface area contributed by atoms with Gasteiger partial charge < -0.3 is 5.32 Å². The van der Waals surface area contributed by atoms with Crippen molar-refractivity contribution in [1.82, 2.24) is 4.98 Å². The van der Waals surface area contributed by atoms with Gasteiger partial charge in [0.2, 0.25) is 0 Å². The van der Waals surface area contributed by atoms with Crippen molar-refractivity contribution in [1.29, 1.82) is 0 Å². The van der Waals surface area contributed by atoms with E-state index in [4.69, 9.17) is 11.6 Å². The van der Waals surface area contributed by atoms with Gasteiger partial charge in [0.25, 0.3) is 5.91 Å². The number of anilines is 1. The zero-order valence-corrected chi connectivity index (χ0v) is 11.3. The van der Waals surface area contributed by atoms with E-state index in [-0.39, 0.29) is 10.7 Å². The number of hydrogen-bond acceptors (Lipinski definition) is 2. The summed E-state index contributed by atoms with van der Waals surface area (Å²) >= 11 is 5.79. The molecule has 0 unspecified atom stereocenters. The molecule has 5 heteroatoms. The molecule has 1 heterocycles. The van der Waals surface area contributed by atoms with Crippen molar-refractivity contribution < 1.29 is 9.18 Å². The van der Waals surface area contributed by atoms with Crippen molar-refractivity contribution in [2.24, 2.45) is 0 Å². The van der Waals surface area contributed by atoms with Gasteiger partial charge in [-0.05, 0) is 37.1 Å². The van der Waals surface area contributed by atoms with Gasteiger partial charge in [-0.25, -0.2) is 9.37 Å². The van der Waals surface area contributed by atoms with Crippen LogP contribution in [0.15, 0.2) is 30.5 Å². The van der Waals surface area contributed by atoms with Crippen LogP contribution in [0, 0.1) is 19.7 Å². The Hall–Kier alpha value is -1.94. The Kier molecular flexibility index (Phi) is 3.81. The topological polar surface area (TPSA) is 42.0 Å². The Bertz CT molecular complexity index is 643. The zero-order chi connectivity index (χ0) is 14.0. The second-order valence-electron chi connectivity index (χ2n) is 4.19. The molecule has 1 N–H and O–H groups in total. The number of aromatic nitrogens is 1. The smallest absolute Gasteiger partial charge is 0.258 e. The molecule has 0 saturated heterocycles. The lowest BCUT2D eigenvalue weighted by Crippen LogP contribution is -2.14. The van der Waals surface area contributed by atoms with Gasteiger partial charge in [0.15, 0.2) is 0 Å². The highest BCUT2D eigenvalue weighted by Crippen LogP contribution is 2.20. The van der Waals surface area contributed by atoms with Crippen molar-refractivity contribution in [3.8, 4) is 0 Å². The predicted octanol–water partition coefficient (Wildman–Crippen LogP) is 3.74. The number of hydrogen-bond donors (Lipinski definition) is 1. The molecule has 0 aliphatic rings. The Morgan fingerprint density at radius 2 is 2.11 bits per heavy atom. The van der Waals surface area contributed by atoms with Crippen LogP contribution in [0.1, 0.15) is 21.5 Å². The van der Waals surface area contributed by atoms with Crippen LogP contribution in [0.25, 0.3) is 0 Å². The number of nitrogens with zero attached hydrogens (tertiary/aromatic N) is 1. The average Bonchev–Trinajstić information content (AvgIpc) is 2.38. The maximum atomic E-state index is 13.1. The number of carbonyl (C=O) groups excluding carboxylic acids is 1. The second-order valence-corrected chi connectivity index (χ2v) is 4.55. The van der Waals surface area contributed by atoms with Crippen molar-refractivity contribution in [2.45, 2.75) is 13.8 Å². The molecule has 19 heavy (non-hydrogen) atoms. The highest BCUT2D eigenvalue weighted by molar-refractivity contribution is 6.33. The van der Waals surface area contributed by atoms with Gasteiger partial charge in [0.1, 0.15) is 11.0 Å². The highest BCUT2D eigenvalue weighted by Gasteiger charge is 2.14. The largest absolute Gasteiger partial charge is 0.322 e. The van der Waals surface area contributed by atoms with Crippen molar-refractivity contribution in [3.05, 3.63) is 58.1 Å². The molecule has 2 rings (SSSR count). The molecule has 0 saturated carbocycles. The Balaban J connectivity index is 2.31. The Morgan fingerprint density at radius 3 is 2.84 bits per heavy atom. The minimum atomic E-state index is -0.601. The van der Waals surface area contributed by atoms with Crippen molar-refractivity contribution >= 4 is 23.2 Å². The van der Waals surface area contributed by atoms with Crippen molar-refractivity contribution in [2.75, 3.05) is 5.32 Å². The van der Waals surface area contributed by atoms with Gasteiger partial charge in [0, 0.05) is 5.69 Å². The van der Waals surface area contributed by atoms with Gasteiger partial charge >= 0.3 is 0 Å². The molecule has 1 aromatic carbocycles.